The molecule has 7 heteroatoms. The van der Waals surface area contributed by atoms with Crippen LogP contribution in [0.5, 0.6) is 0 Å². The van der Waals surface area contributed by atoms with Crippen LogP contribution >= 0.6 is 0 Å². The zero-order chi connectivity index (χ0) is 12.8. The van der Waals surface area contributed by atoms with E-state index in [0.717, 1.165) is 12.8 Å². The molecule has 1 atom stereocenters. The highest BCUT2D eigenvalue weighted by atomic mass is 16.2. The molecular weight excluding hydrogens is 222 g/mol. The Morgan fingerprint density at radius 3 is 2.94 bits per heavy atom. The summed E-state index contributed by atoms with van der Waals surface area (Å²) in [6.07, 6.45) is 1.96. The lowest BCUT2D eigenvalue weighted by molar-refractivity contribution is -0.137. The third-order valence-electron chi connectivity index (χ3n) is 2.60. The molecule has 17 heavy (non-hydrogen) atoms. The van der Waals surface area contributed by atoms with E-state index in [1.165, 1.54) is 0 Å². The molecule has 2 amide bonds. The Bertz CT molecular complexity index is 329. The Morgan fingerprint density at radius 1 is 1.65 bits per heavy atom. The SMILES string of the molecule is CCCCN=C(NN)N1CC(=O)NC(=O)C1C. The van der Waals surface area contributed by atoms with E-state index in [0.29, 0.717) is 12.5 Å². The van der Waals surface area contributed by atoms with Gasteiger partial charge < -0.3 is 4.90 Å². The Morgan fingerprint density at radius 2 is 2.35 bits per heavy atom. The molecule has 1 heterocycles. The molecule has 1 aliphatic heterocycles. The van der Waals surface area contributed by atoms with Gasteiger partial charge in [0.25, 0.3) is 0 Å². The predicted octanol–water partition coefficient (Wildman–Crippen LogP) is -1.05. The number of guanidine groups is 1. The molecule has 0 radical (unpaired) electrons. The van der Waals surface area contributed by atoms with Gasteiger partial charge in [-0.3, -0.25) is 25.3 Å². The Hall–Kier alpha value is -1.63. The van der Waals surface area contributed by atoms with Crippen molar-refractivity contribution in [3.63, 3.8) is 0 Å². The predicted molar refractivity (Wildman–Crippen MR) is 63.9 cm³/mol. The number of rotatable bonds is 3. The average molecular weight is 241 g/mol. The fourth-order valence-corrected chi connectivity index (χ4v) is 1.54. The summed E-state index contributed by atoms with van der Waals surface area (Å²) >= 11 is 0. The smallest absolute Gasteiger partial charge is 0.249 e. The van der Waals surface area contributed by atoms with E-state index in [4.69, 9.17) is 5.84 Å². The van der Waals surface area contributed by atoms with E-state index in [9.17, 15) is 9.59 Å². The summed E-state index contributed by atoms with van der Waals surface area (Å²) < 4.78 is 0. The average Bonchev–Trinajstić information content (AvgIpc) is 2.30. The largest absolute Gasteiger partial charge is 0.321 e. The van der Waals surface area contributed by atoms with Crippen LogP contribution in [-0.4, -0.2) is 41.8 Å². The second-order valence-electron chi connectivity index (χ2n) is 3.92. The van der Waals surface area contributed by atoms with Crippen LogP contribution in [0, 0.1) is 0 Å². The van der Waals surface area contributed by atoms with Crippen molar-refractivity contribution in [3.8, 4) is 0 Å². The van der Waals surface area contributed by atoms with Crippen LogP contribution in [0.1, 0.15) is 26.7 Å². The maximum absolute atomic E-state index is 11.5. The van der Waals surface area contributed by atoms with Crippen molar-refractivity contribution in [2.24, 2.45) is 10.8 Å². The Balaban J connectivity index is 2.75. The van der Waals surface area contributed by atoms with Crippen molar-refractivity contribution in [1.29, 1.82) is 0 Å². The van der Waals surface area contributed by atoms with Crippen molar-refractivity contribution in [3.05, 3.63) is 0 Å². The summed E-state index contributed by atoms with van der Waals surface area (Å²) in [5.74, 6) is 5.08. The zero-order valence-corrected chi connectivity index (χ0v) is 10.2. The maximum Gasteiger partial charge on any atom is 0.249 e. The van der Waals surface area contributed by atoms with Crippen LogP contribution in [0.2, 0.25) is 0 Å². The molecule has 1 saturated heterocycles. The third kappa shape index (κ3) is 3.42. The van der Waals surface area contributed by atoms with Gasteiger partial charge in [0, 0.05) is 6.54 Å². The quantitative estimate of drug-likeness (QED) is 0.146. The van der Waals surface area contributed by atoms with Crippen LogP contribution in [-0.2, 0) is 9.59 Å². The number of unbranched alkanes of at least 4 members (excludes halogenated alkanes) is 1. The molecule has 4 N–H and O–H groups in total. The number of hydrogen-bond donors (Lipinski definition) is 3. The molecule has 0 aromatic rings. The van der Waals surface area contributed by atoms with E-state index < -0.39 is 6.04 Å². The molecule has 1 unspecified atom stereocenters. The monoisotopic (exact) mass is 241 g/mol. The van der Waals surface area contributed by atoms with Crippen LogP contribution in [0.4, 0.5) is 0 Å². The topological polar surface area (TPSA) is 99.8 Å². The highest BCUT2D eigenvalue weighted by Gasteiger charge is 2.32. The van der Waals surface area contributed by atoms with E-state index in [-0.39, 0.29) is 18.4 Å². The minimum absolute atomic E-state index is 0.0854. The molecule has 1 aliphatic rings. The van der Waals surface area contributed by atoms with Gasteiger partial charge in [0.1, 0.15) is 12.6 Å². The minimum Gasteiger partial charge on any atom is -0.321 e. The molecule has 0 spiro atoms. The summed E-state index contributed by atoms with van der Waals surface area (Å²) in [5, 5.41) is 2.26. The van der Waals surface area contributed by atoms with Gasteiger partial charge in [-0.2, -0.15) is 0 Å². The van der Waals surface area contributed by atoms with E-state index >= 15 is 0 Å². The molecule has 0 bridgehead atoms. The number of nitrogens with zero attached hydrogens (tertiary/aromatic N) is 2. The van der Waals surface area contributed by atoms with Crippen LogP contribution < -0.4 is 16.6 Å². The van der Waals surface area contributed by atoms with Gasteiger partial charge in [-0.25, -0.2) is 5.84 Å². The second kappa shape index (κ2) is 6.19. The Labute approximate surface area is 100 Å². The number of carbonyl (C=O) groups is 2. The molecule has 0 saturated carbocycles. The summed E-state index contributed by atoms with van der Waals surface area (Å²) in [4.78, 5) is 28.6. The van der Waals surface area contributed by atoms with Gasteiger partial charge >= 0.3 is 0 Å². The first kappa shape index (κ1) is 13.4. The van der Waals surface area contributed by atoms with Crippen molar-refractivity contribution in [2.45, 2.75) is 32.7 Å². The number of nitrogens with one attached hydrogen (secondary N) is 2. The number of piperazine rings is 1. The van der Waals surface area contributed by atoms with Gasteiger partial charge in [-0.15, -0.1) is 0 Å². The van der Waals surface area contributed by atoms with E-state index in [1.54, 1.807) is 11.8 Å². The van der Waals surface area contributed by atoms with Gasteiger partial charge in [0.05, 0.1) is 0 Å². The van der Waals surface area contributed by atoms with E-state index in [2.05, 4.69) is 22.7 Å². The van der Waals surface area contributed by atoms with Crippen molar-refractivity contribution in [2.75, 3.05) is 13.1 Å². The molecule has 1 fully saturated rings. The minimum atomic E-state index is -0.455. The molecule has 96 valence electrons. The normalized spacial score (nSPS) is 21.5. The molecule has 0 aromatic heterocycles. The van der Waals surface area contributed by atoms with Crippen molar-refractivity contribution < 1.29 is 9.59 Å². The zero-order valence-electron chi connectivity index (χ0n) is 10.2. The van der Waals surface area contributed by atoms with Crippen molar-refractivity contribution >= 4 is 17.8 Å². The number of carbonyl (C=O) groups excluding carboxylic acids is 2. The lowest BCUT2D eigenvalue weighted by atomic mass is 10.2. The van der Waals surface area contributed by atoms with Gasteiger partial charge in [0.15, 0.2) is 0 Å². The van der Waals surface area contributed by atoms with Crippen LogP contribution in [0.25, 0.3) is 0 Å². The second-order valence-corrected chi connectivity index (χ2v) is 3.92. The molecule has 1 rings (SSSR count). The number of hydrazine groups is 1. The fourth-order valence-electron chi connectivity index (χ4n) is 1.54. The first-order chi connectivity index (χ1) is 8.10. The molecule has 0 aliphatic carbocycles. The standard InChI is InChI=1S/C10H19N5O2/c1-3-4-5-12-10(14-11)15-6-8(16)13-9(17)7(15)2/h7H,3-6,11H2,1-2H3,(H,12,14)(H,13,16,17). The third-order valence-corrected chi connectivity index (χ3v) is 2.60. The first-order valence-corrected chi connectivity index (χ1v) is 5.71. The number of amides is 2. The Kier molecular flexibility index (Phi) is 4.89. The summed E-state index contributed by atoms with van der Waals surface area (Å²) in [6, 6.07) is -0.455. The van der Waals surface area contributed by atoms with Gasteiger partial charge in [0.2, 0.25) is 17.8 Å². The van der Waals surface area contributed by atoms with E-state index in [1.807, 2.05) is 0 Å². The van der Waals surface area contributed by atoms with Crippen LogP contribution in [0.15, 0.2) is 4.99 Å². The number of hydrogen-bond acceptors (Lipinski definition) is 4. The summed E-state index contributed by atoms with van der Waals surface area (Å²) in [5.41, 5.74) is 2.45. The molecule has 7 nitrogen and oxygen atoms in total. The maximum atomic E-state index is 11.5. The molecular formula is C10H19N5O2. The first-order valence-electron chi connectivity index (χ1n) is 5.71. The number of imide groups is 1. The lowest BCUT2D eigenvalue weighted by Crippen LogP contribution is -2.61. The van der Waals surface area contributed by atoms with Crippen LogP contribution in [0.3, 0.4) is 0 Å². The summed E-state index contributed by atoms with van der Waals surface area (Å²) in [7, 11) is 0. The van der Waals surface area contributed by atoms with Gasteiger partial charge in [-0.1, -0.05) is 13.3 Å². The summed E-state index contributed by atoms with van der Waals surface area (Å²) in [6.45, 7) is 4.47. The lowest BCUT2D eigenvalue weighted by Gasteiger charge is -2.33. The number of nitrogens with two attached hydrogens (primary N) is 1. The number of aliphatic imine (C=N–C) groups is 1. The highest BCUT2D eigenvalue weighted by Crippen LogP contribution is 2.05. The highest BCUT2D eigenvalue weighted by molar-refractivity contribution is 6.04. The molecule has 0 aromatic carbocycles. The van der Waals surface area contributed by atoms with Crippen molar-refractivity contribution in [1.82, 2.24) is 15.6 Å². The fraction of sp³-hybridized carbons (Fsp3) is 0.700. The van der Waals surface area contributed by atoms with Gasteiger partial charge in [-0.05, 0) is 13.3 Å².